The number of Topliss-reactive ketones (excluding diaryl/α,β-unsaturated/α-hetero) is 1. The summed E-state index contributed by atoms with van der Waals surface area (Å²) in [6.07, 6.45) is 0. The van der Waals surface area contributed by atoms with Gasteiger partial charge in [-0.1, -0.05) is 24.3 Å². The van der Waals surface area contributed by atoms with Crippen molar-refractivity contribution >= 4 is 23.0 Å². The van der Waals surface area contributed by atoms with Crippen molar-refractivity contribution in [3.05, 3.63) is 86.6 Å². The van der Waals surface area contributed by atoms with Gasteiger partial charge in [0.1, 0.15) is 11.5 Å². The van der Waals surface area contributed by atoms with Gasteiger partial charge in [-0.15, -0.1) is 11.3 Å². The number of carbonyl (C=O) groups is 2. The lowest BCUT2D eigenvalue weighted by molar-refractivity contribution is -0.130. The number of amides is 1. The van der Waals surface area contributed by atoms with Gasteiger partial charge in [-0.25, -0.2) is 4.98 Å². The number of rotatable bonds is 8. The van der Waals surface area contributed by atoms with Gasteiger partial charge in [-0.05, 0) is 56.2 Å². The summed E-state index contributed by atoms with van der Waals surface area (Å²) in [6, 6.07) is 13.8. The highest BCUT2D eigenvalue weighted by molar-refractivity contribution is 7.14. The first-order valence-corrected chi connectivity index (χ1v) is 11.7. The SMILES string of the molecule is CCOc1ccc(C2C(C(=O)c3sc(C)nc3C)=C(O)C(=O)N2Cc2ccc(OC)cc2)cc1. The number of thiazole rings is 1. The maximum Gasteiger partial charge on any atom is 0.290 e. The lowest BCUT2D eigenvalue weighted by Crippen LogP contribution is -2.30. The first kappa shape index (κ1) is 23.5. The third-order valence-electron chi connectivity index (χ3n) is 5.68. The van der Waals surface area contributed by atoms with E-state index < -0.39 is 17.7 Å². The third-order valence-corrected chi connectivity index (χ3v) is 6.75. The second-order valence-electron chi connectivity index (χ2n) is 7.92. The molecule has 2 heterocycles. The molecule has 4 rings (SSSR count). The Kier molecular flexibility index (Phi) is 6.70. The minimum atomic E-state index is -0.750. The molecule has 3 aromatic rings. The zero-order valence-electron chi connectivity index (χ0n) is 19.5. The van der Waals surface area contributed by atoms with Crippen LogP contribution in [0.5, 0.6) is 11.5 Å². The second-order valence-corrected chi connectivity index (χ2v) is 9.13. The molecule has 0 saturated carbocycles. The summed E-state index contributed by atoms with van der Waals surface area (Å²) in [6.45, 7) is 6.22. The number of hydrogen-bond donors (Lipinski definition) is 1. The van der Waals surface area contributed by atoms with Gasteiger partial charge in [0.25, 0.3) is 5.91 Å². The highest BCUT2D eigenvalue weighted by Crippen LogP contribution is 2.41. The minimum absolute atomic E-state index is 0.0643. The number of aliphatic hydroxyl groups is 1. The highest BCUT2D eigenvalue weighted by Gasteiger charge is 2.44. The van der Waals surface area contributed by atoms with E-state index in [0.717, 1.165) is 10.6 Å². The Hall–Kier alpha value is -3.65. The summed E-state index contributed by atoms with van der Waals surface area (Å²) in [5.41, 5.74) is 2.20. The Morgan fingerprint density at radius 2 is 1.74 bits per heavy atom. The van der Waals surface area contributed by atoms with Crippen LogP contribution in [-0.2, 0) is 11.3 Å². The van der Waals surface area contributed by atoms with Crippen LogP contribution in [0.1, 0.15) is 44.5 Å². The van der Waals surface area contributed by atoms with Crippen LogP contribution < -0.4 is 9.47 Å². The van der Waals surface area contributed by atoms with E-state index in [1.165, 1.54) is 16.2 Å². The van der Waals surface area contributed by atoms with Gasteiger partial charge in [0.05, 0.1) is 40.9 Å². The molecule has 0 aliphatic carbocycles. The summed E-state index contributed by atoms with van der Waals surface area (Å²) in [5.74, 6) is -0.107. The van der Waals surface area contributed by atoms with E-state index in [-0.39, 0.29) is 17.9 Å². The predicted molar refractivity (Wildman–Crippen MR) is 129 cm³/mol. The van der Waals surface area contributed by atoms with Gasteiger partial charge in [0, 0.05) is 6.54 Å². The van der Waals surface area contributed by atoms with E-state index in [2.05, 4.69) is 4.98 Å². The lowest BCUT2D eigenvalue weighted by atomic mass is 9.94. The standard InChI is InChI=1S/C26H26N2O5S/c1-5-33-20-12-8-18(9-13-20)22-21(23(29)25-15(2)27-16(3)34-25)24(30)26(31)28(22)14-17-6-10-19(32-4)11-7-17/h6-13,22,30H,5,14H2,1-4H3. The van der Waals surface area contributed by atoms with E-state index in [9.17, 15) is 14.7 Å². The zero-order chi connectivity index (χ0) is 24.4. The average molecular weight is 479 g/mol. The average Bonchev–Trinajstić information content (AvgIpc) is 3.30. The summed E-state index contributed by atoms with van der Waals surface area (Å²) < 4.78 is 10.8. The molecule has 8 heteroatoms. The van der Waals surface area contributed by atoms with E-state index in [0.29, 0.717) is 34.2 Å². The van der Waals surface area contributed by atoms with Crippen LogP contribution >= 0.6 is 11.3 Å². The van der Waals surface area contributed by atoms with E-state index in [1.54, 1.807) is 26.2 Å². The molecule has 1 aliphatic heterocycles. The largest absolute Gasteiger partial charge is 0.503 e. The molecule has 0 saturated heterocycles. The van der Waals surface area contributed by atoms with Crippen molar-refractivity contribution in [3.8, 4) is 11.5 Å². The molecule has 1 atom stereocenters. The summed E-state index contributed by atoms with van der Waals surface area (Å²) in [5, 5.41) is 11.6. The van der Waals surface area contributed by atoms with Gasteiger partial charge < -0.3 is 19.5 Å². The smallest absolute Gasteiger partial charge is 0.290 e. The molecule has 1 aromatic heterocycles. The van der Waals surface area contributed by atoms with Crippen LogP contribution in [0.3, 0.4) is 0 Å². The number of nitrogens with zero attached hydrogens (tertiary/aromatic N) is 2. The molecule has 7 nitrogen and oxygen atoms in total. The Morgan fingerprint density at radius 1 is 1.09 bits per heavy atom. The molecule has 0 bridgehead atoms. The Morgan fingerprint density at radius 3 is 2.29 bits per heavy atom. The topological polar surface area (TPSA) is 89.0 Å². The predicted octanol–water partition coefficient (Wildman–Crippen LogP) is 4.95. The van der Waals surface area contributed by atoms with Crippen molar-refractivity contribution in [3.63, 3.8) is 0 Å². The molecule has 1 N–H and O–H groups in total. The van der Waals surface area contributed by atoms with Gasteiger partial charge >= 0.3 is 0 Å². The van der Waals surface area contributed by atoms with Crippen molar-refractivity contribution in [1.82, 2.24) is 9.88 Å². The second kappa shape index (κ2) is 9.69. The fourth-order valence-electron chi connectivity index (χ4n) is 4.10. The molecular formula is C26H26N2O5S. The molecule has 1 aliphatic rings. The van der Waals surface area contributed by atoms with E-state index in [1.807, 2.05) is 50.2 Å². The van der Waals surface area contributed by atoms with Crippen molar-refractivity contribution in [1.29, 1.82) is 0 Å². The Balaban J connectivity index is 1.77. The van der Waals surface area contributed by atoms with E-state index in [4.69, 9.17) is 9.47 Å². The number of carbonyl (C=O) groups excluding carboxylic acids is 2. The number of aliphatic hydroxyl groups excluding tert-OH is 1. The first-order chi connectivity index (χ1) is 16.3. The maximum atomic E-state index is 13.6. The molecule has 0 spiro atoms. The van der Waals surface area contributed by atoms with Gasteiger partial charge in [0.2, 0.25) is 5.78 Å². The summed E-state index contributed by atoms with van der Waals surface area (Å²) in [7, 11) is 1.59. The fourth-order valence-corrected chi connectivity index (χ4v) is 4.97. The van der Waals surface area contributed by atoms with E-state index >= 15 is 0 Å². The monoisotopic (exact) mass is 478 g/mol. The molecule has 0 radical (unpaired) electrons. The van der Waals surface area contributed by atoms with Crippen molar-refractivity contribution in [2.24, 2.45) is 0 Å². The van der Waals surface area contributed by atoms with Crippen molar-refractivity contribution in [2.45, 2.75) is 33.4 Å². The zero-order valence-corrected chi connectivity index (χ0v) is 20.3. The number of methoxy groups -OCH3 is 1. The van der Waals surface area contributed by atoms with Gasteiger partial charge in [-0.2, -0.15) is 0 Å². The number of ether oxygens (including phenoxy) is 2. The highest BCUT2D eigenvalue weighted by atomic mass is 32.1. The number of ketones is 1. The number of hydrogen-bond acceptors (Lipinski definition) is 7. The van der Waals surface area contributed by atoms with Gasteiger partial charge in [-0.3, -0.25) is 9.59 Å². The van der Waals surface area contributed by atoms with Crippen LogP contribution in [0.15, 0.2) is 59.9 Å². The normalized spacial score (nSPS) is 15.7. The molecule has 1 unspecified atom stereocenters. The fraction of sp³-hybridized carbons (Fsp3) is 0.269. The summed E-state index contributed by atoms with van der Waals surface area (Å²) in [4.78, 5) is 33.1. The third kappa shape index (κ3) is 4.41. The quantitative estimate of drug-likeness (QED) is 0.461. The molecule has 1 amide bonds. The van der Waals surface area contributed by atoms with Crippen LogP contribution in [0, 0.1) is 13.8 Å². The molecule has 34 heavy (non-hydrogen) atoms. The lowest BCUT2D eigenvalue weighted by Gasteiger charge is -2.27. The van der Waals surface area contributed by atoms with Crippen molar-refractivity contribution in [2.75, 3.05) is 13.7 Å². The summed E-state index contributed by atoms with van der Waals surface area (Å²) >= 11 is 1.26. The Labute approximate surface area is 202 Å². The molecule has 2 aromatic carbocycles. The van der Waals surface area contributed by atoms with Crippen LogP contribution in [0.2, 0.25) is 0 Å². The first-order valence-electron chi connectivity index (χ1n) is 10.9. The van der Waals surface area contributed by atoms with Crippen molar-refractivity contribution < 1.29 is 24.2 Å². The number of aromatic nitrogens is 1. The van der Waals surface area contributed by atoms with Crippen LogP contribution in [-0.4, -0.2) is 40.4 Å². The van der Waals surface area contributed by atoms with Gasteiger partial charge in [0.15, 0.2) is 5.76 Å². The molecule has 176 valence electrons. The van der Waals surface area contributed by atoms with Crippen LogP contribution in [0.25, 0.3) is 0 Å². The Bertz CT molecular complexity index is 1250. The molecular weight excluding hydrogens is 452 g/mol. The number of aryl methyl sites for hydroxylation is 2. The number of benzene rings is 2. The molecule has 0 fully saturated rings. The minimum Gasteiger partial charge on any atom is -0.503 e. The van der Waals surface area contributed by atoms with Crippen LogP contribution in [0.4, 0.5) is 0 Å². The maximum absolute atomic E-state index is 13.6.